The number of amides is 1. The van der Waals surface area contributed by atoms with Crippen molar-refractivity contribution in [3.05, 3.63) is 0 Å². The van der Waals surface area contributed by atoms with Gasteiger partial charge in [-0.05, 0) is 56.3 Å². The van der Waals surface area contributed by atoms with Gasteiger partial charge in [0.25, 0.3) is 0 Å². The van der Waals surface area contributed by atoms with Gasteiger partial charge in [0.15, 0.2) is 0 Å². The van der Waals surface area contributed by atoms with Crippen LogP contribution in [0, 0.1) is 17.8 Å². The molecule has 0 aromatic carbocycles. The number of unbranched alkanes of at least 4 members (excludes halogenated alkanes) is 2. The number of aliphatic hydroxyl groups excluding tert-OH is 1. The van der Waals surface area contributed by atoms with E-state index in [0.717, 1.165) is 57.9 Å². The Kier molecular flexibility index (Phi) is 11.7. The van der Waals surface area contributed by atoms with Gasteiger partial charge in [0.2, 0.25) is 5.91 Å². The van der Waals surface area contributed by atoms with Crippen molar-refractivity contribution in [1.82, 2.24) is 4.90 Å². The van der Waals surface area contributed by atoms with Gasteiger partial charge in [-0.1, -0.05) is 47.0 Å². The molecule has 5 nitrogen and oxygen atoms in total. The Morgan fingerprint density at radius 1 is 1.14 bits per heavy atom. The lowest BCUT2D eigenvalue weighted by atomic mass is 9.84. The zero-order valence-corrected chi connectivity index (χ0v) is 18.5. The van der Waals surface area contributed by atoms with Crippen LogP contribution in [-0.4, -0.2) is 45.7 Å². The zero-order valence-electron chi connectivity index (χ0n) is 18.5. The number of carboxylic acid groups (broad SMARTS) is 1. The number of rotatable bonds is 14. The number of aliphatic carboxylic acids is 1. The number of carbonyl (C=O) groups is 2. The Morgan fingerprint density at radius 2 is 1.86 bits per heavy atom. The second-order valence-electron chi connectivity index (χ2n) is 9.11. The lowest BCUT2D eigenvalue weighted by Crippen LogP contribution is -2.49. The van der Waals surface area contributed by atoms with Crippen LogP contribution in [0.5, 0.6) is 0 Å². The van der Waals surface area contributed by atoms with Crippen LogP contribution in [-0.2, 0) is 9.59 Å². The zero-order chi connectivity index (χ0) is 21.1. The quantitative estimate of drug-likeness (QED) is 0.410. The van der Waals surface area contributed by atoms with Crippen molar-refractivity contribution >= 4 is 11.9 Å². The van der Waals surface area contributed by atoms with E-state index in [1.807, 2.05) is 0 Å². The second kappa shape index (κ2) is 13.2. The molecule has 28 heavy (non-hydrogen) atoms. The highest BCUT2D eigenvalue weighted by Crippen LogP contribution is 2.30. The van der Waals surface area contributed by atoms with E-state index in [9.17, 15) is 14.7 Å². The second-order valence-corrected chi connectivity index (χ2v) is 9.11. The number of nitrogens with zero attached hydrogens (tertiary/aromatic N) is 1. The van der Waals surface area contributed by atoms with Gasteiger partial charge in [0, 0.05) is 25.4 Å². The monoisotopic (exact) mass is 397 g/mol. The van der Waals surface area contributed by atoms with Crippen LogP contribution in [0.1, 0.15) is 98.3 Å². The normalized spacial score (nSPS) is 22.0. The number of carboxylic acids is 1. The number of piperidine rings is 1. The van der Waals surface area contributed by atoms with E-state index in [1.165, 1.54) is 0 Å². The highest BCUT2D eigenvalue weighted by Gasteiger charge is 2.34. The fourth-order valence-corrected chi connectivity index (χ4v) is 4.46. The molecular weight excluding hydrogens is 354 g/mol. The van der Waals surface area contributed by atoms with Crippen molar-refractivity contribution in [3.63, 3.8) is 0 Å². The lowest BCUT2D eigenvalue weighted by molar-refractivity contribution is -0.139. The average Bonchev–Trinajstić information content (AvgIpc) is 2.62. The highest BCUT2D eigenvalue weighted by atomic mass is 16.4. The van der Waals surface area contributed by atoms with Gasteiger partial charge in [-0.3, -0.25) is 9.59 Å². The Labute approximate surface area is 171 Å². The van der Waals surface area contributed by atoms with Gasteiger partial charge in [-0.2, -0.15) is 0 Å². The molecule has 0 aromatic rings. The Balaban J connectivity index is 2.59. The van der Waals surface area contributed by atoms with Crippen LogP contribution < -0.4 is 0 Å². The van der Waals surface area contributed by atoms with E-state index in [-0.39, 0.29) is 24.5 Å². The summed E-state index contributed by atoms with van der Waals surface area (Å²) in [4.78, 5) is 25.5. The predicted octanol–water partition coefficient (Wildman–Crippen LogP) is 4.86. The number of likely N-dealkylation sites (tertiary alicyclic amines) is 1. The van der Waals surface area contributed by atoms with Crippen LogP contribution in [0.2, 0.25) is 0 Å². The highest BCUT2D eigenvalue weighted by molar-refractivity contribution is 5.77. The average molecular weight is 398 g/mol. The molecule has 1 heterocycles. The topological polar surface area (TPSA) is 77.8 Å². The number of aliphatic hydroxyl groups is 1. The molecule has 5 atom stereocenters. The summed E-state index contributed by atoms with van der Waals surface area (Å²) >= 11 is 0. The molecule has 1 fully saturated rings. The van der Waals surface area contributed by atoms with E-state index >= 15 is 0 Å². The first-order valence-corrected chi connectivity index (χ1v) is 11.5. The van der Waals surface area contributed by atoms with Gasteiger partial charge in [-0.15, -0.1) is 0 Å². The first-order valence-electron chi connectivity index (χ1n) is 11.5. The minimum Gasteiger partial charge on any atom is -0.481 e. The summed E-state index contributed by atoms with van der Waals surface area (Å²) in [6, 6.07) is 0.218. The number of carbonyl (C=O) groups excluding carboxylic acids is 1. The van der Waals surface area contributed by atoms with Gasteiger partial charge in [0.1, 0.15) is 0 Å². The first-order chi connectivity index (χ1) is 13.3. The van der Waals surface area contributed by atoms with E-state index in [2.05, 4.69) is 32.6 Å². The molecule has 1 aliphatic rings. The largest absolute Gasteiger partial charge is 0.481 e. The van der Waals surface area contributed by atoms with Crippen LogP contribution in [0.25, 0.3) is 0 Å². The van der Waals surface area contributed by atoms with E-state index in [1.54, 1.807) is 0 Å². The first kappa shape index (κ1) is 24.9. The minimum atomic E-state index is -0.738. The van der Waals surface area contributed by atoms with Crippen LogP contribution in [0.4, 0.5) is 0 Å². The molecule has 0 spiro atoms. The molecule has 5 heteroatoms. The Morgan fingerprint density at radius 3 is 2.50 bits per heavy atom. The third-order valence-electron chi connectivity index (χ3n) is 6.56. The molecular formula is C23H43NO4. The van der Waals surface area contributed by atoms with Crippen molar-refractivity contribution in [2.45, 2.75) is 110 Å². The predicted molar refractivity (Wildman–Crippen MR) is 113 cm³/mol. The summed E-state index contributed by atoms with van der Waals surface area (Å²) in [7, 11) is 0. The summed E-state index contributed by atoms with van der Waals surface area (Å²) in [6.45, 7) is 9.43. The molecule has 164 valence electrons. The van der Waals surface area contributed by atoms with Crippen LogP contribution in [0.3, 0.4) is 0 Å². The van der Waals surface area contributed by atoms with Crippen LogP contribution >= 0.6 is 0 Å². The smallest absolute Gasteiger partial charge is 0.303 e. The molecule has 1 amide bonds. The summed E-state index contributed by atoms with van der Waals surface area (Å²) in [5, 5.41) is 19.2. The van der Waals surface area contributed by atoms with Gasteiger partial charge < -0.3 is 15.1 Å². The molecule has 0 saturated carbocycles. The van der Waals surface area contributed by atoms with E-state index in [0.29, 0.717) is 30.6 Å². The summed E-state index contributed by atoms with van der Waals surface area (Å²) in [5.74, 6) is 0.547. The summed E-state index contributed by atoms with van der Waals surface area (Å²) in [5.41, 5.74) is 0. The molecule has 0 aromatic heterocycles. The standard InChI is InChI=1S/C23H43NO4/c1-5-6-7-11-20(25)15-18(3)21-12-9-13-22(26)24(21)16-19(4)17(2)10-8-14-23(27)28/h17-21,25H,5-16H2,1-4H3,(H,27,28)/t17-,18-,19+,20?,21+/m0/s1. The lowest BCUT2D eigenvalue weighted by Gasteiger charge is -2.42. The third-order valence-corrected chi connectivity index (χ3v) is 6.56. The molecule has 0 bridgehead atoms. The van der Waals surface area contributed by atoms with Gasteiger partial charge in [0.05, 0.1) is 6.10 Å². The maximum atomic E-state index is 12.7. The number of hydrogen-bond donors (Lipinski definition) is 2. The number of hydrogen-bond acceptors (Lipinski definition) is 3. The molecule has 2 N–H and O–H groups in total. The van der Waals surface area contributed by atoms with Crippen molar-refractivity contribution in [2.24, 2.45) is 17.8 Å². The molecule has 1 aliphatic heterocycles. The van der Waals surface area contributed by atoms with Crippen molar-refractivity contribution in [1.29, 1.82) is 0 Å². The maximum Gasteiger partial charge on any atom is 0.303 e. The molecule has 1 unspecified atom stereocenters. The van der Waals surface area contributed by atoms with Crippen molar-refractivity contribution in [3.8, 4) is 0 Å². The van der Waals surface area contributed by atoms with E-state index < -0.39 is 5.97 Å². The molecule has 1 rings (SSSR count). The third kappa shape index (κ3) is 8.93. The Hall–Kier alpha value is -1.10. The van der Waals surface area contributed by atoms with Crippen molar-refractivity contribution in [2.75, 3.05) is 6.54 Å². The van der Waals surface area contributed by atoms with Crippen LogP contribution in [0.15, 0.2) is 0 Å². The maximum absolute atomic E-state index is 12.7. The minimum absolute atomic E-state index is 0.218. The Bertz CT molecular complexity index is 468. The van der Waals surface area contributed by atoms with E-state index in [4.69, 9.17) is 5.11 Å². The van der Waals surface area contributed by atoms with Gasteiger partial charge in [-0.25, -0.2) is 0 Å². The fraction of sp³-hybridized carbons (Fsp3) is 0.913. The molecule has 0 aliphatic carbocycles. The fourth-order valence-electron chi connectivity index (χ4n) is 4.46. The molecule has 0 radical (unpaired) electrons. The SMILES string of the molecule is CCCCCC(O)C[C@H](C)[C@H]1CCCC(=O)N1C[C@@H](C)[C@@H](C)CCCC(=O)O. The summed E-state index contributed by atoms with van der Waals surface area (Å²) < 4.78 is 0. The van der Waals surface area contributed by atoms with Gasteiger partial charge >= 0.3 is 5.97 Å². The summed E-state index contributed by atoms with van der Waals surface area (Å²) in [6.07, 6.45) is 9.13. The molecule has 1 saturated heterocycles. The van der Waals surface area contributed by atoms with Crippen molar-refractivity contribution < 1.29 is 19.8 Å².